The van der Waals surface area contributed by atoms with Gasteiger partial charge in [-0.3, -0.25) is 4.79 Å². The molecule has 3 aromatic rings. The van der Waals surface area contributed by atoms with E-state index in [2.05, 4.69) is 10.3 Å². The number of aromatic nitrogens is 1. The lowest BCUT2D eigenvalue weighted by Gasteiger charge is -2.08. The quantitative estimate of drug-likeness (QED) is 0.752. The maximum atomic E-state index is 13.6. The predicted molar refractivity (Wildman–Crippen MR) is 85.7 cm³/mol. The monoisotopic (exact) mass is 346 g/mol. The van der Waals surface area contributed by atoms with Crippen molar-refractivity contribution in [3.63, 3.8) is 0 Å². The highest BCUT2D eigenvalue weighted by Gasteiger charge is 2.19. The molecule has 0 saturated carbocycles. The molecular formula is C18H13F3N2O2. The van der Waals surface area contributed by atoms with Crippen LogP contribution in [-0.4, -0.2) is 10.9 Å². The third-order valence-electron chi connectivity index (χ3n) is 3.55. The number of nitrogens with one attached hydrogen (secondary N) is 1. The Morgan fingerprint density at radius 3 is 2.16 bits per heavy atom. The van der Waals surface area contributed by atoms with Crippen LogP contribution in [-0.2, 0) is 0 Å². The minimum absolute atomic E-state index is 0.328. The molecule has 25 heavy (non-hydrogen) atoms. The fourth-order valence-corrected chi connectivity index (χ4v) is 2.46. The molecule has 0 aliphatic carbocycles. The van der Waals surface area contributed by atoms with E-state index in [1.165, 1.54) is 0 Å². The summed E-state index contributed by atoms with van der Waals surface area (Å²) >= 11 is 0. The van der Waals surface area contributed by atoms with Gasteiger partial charge < -0.3 is 9.73 Å². The van der Waals surface area contributed by atoms with Crippen LogP contribution >= 0.6 is 0 Å². The van der Waals surface area contributed by atoms with Crippen LogP contribution in [0.15, 0.2) is 40.8 Å². The van der Waals surface area contributed by atoms with Crippen molar-refractivity contribution in [1.82, 2.24) is 4.98 Å². The van der Waals surface area contributed by atoms with Gasteiger partial charge in [-0.15, -0.1) is 0 Å². The van der Waals surface area contributed by atoms with Crippen molar-refractivity contribution >= 4 is 11.6 Å². The van der Waals surface area contributed by atoms with Gasteiger partial charge in [0.05, 0.1) is 0 Å². The van der Waals surface area contributed by atoms with Crippen molar-refractivity contribution in [3.05, 3.63) is 71.1 Å². The summed E-state index contributed by atoms with van der Waals surface area (Å²) in [6, 6.07) is 7.42. The Morgan fingerprint density at radius 2 is 1.64 bits per heavy atom. The summed E-state index contributed by atoms with van der Waals surface area (Å²) in [6.07, 6.45) is 0. The molecule has 3 rings (SSSR count). The van der Waals surface area contributed by atoms with Crippen molar-refractivity contribution in [2.75, 3.05) is 5.32 Å². The van der Waals surface area contributed by atoms with E-state index in [4.69, 9.17) is 4.42 Å². The molecule has 0 aliphatic heterocycles. The Bertz CT molecular complexity index is 926. The number of aryl methyl sites for hydroxylation is 2. The second-order valence-electron chi connectivity index (χ2n) is 5.41. The first-order chi connectivity index (χ1) is 11.8. The van der Waals surface area contributed by atoms with Gasteiger partial charge in [-0.2, -0.15) is 0 Å². The van der Waals surface area contributed by atoms with Crippen LogP contribution in [0, 0.1) is 31.3 Å². The van der Waals surface area contributed by atoms with Crippen LogP contribution in [0.4, 0.5) is 18.9 Å². The van der Waals surface area contributed by atoms with Crippen LogP contribution in [0.1, 0.15) is 22.0 Å². The number of oxazole rings is 1. The van der Waals surface area contributed by atoms with E-state index in [1.807, 2.05) is 0 Å². The van der Waals surface area contributed by atoms with E-state index in [1.54, 1.807) is 38.1 Å². The van der Waals surface area contributed by atoms with Crippen LogP contribution in [0.25, 0.3) is 11.3 Å². The van der Waals surface area contributed by atoms with Gasteiger partial charge >= 0.3 is 0 Å². The summed E-state index contributed by atoms with van der Waals surface area (Å²) in [6.45, 7) is 3.52. The lowest BCUT2D eigenvalue weighted by molar-refractivity contribution is 0.101. The first-order valence-electron chi connectivity index (χ1n) is 7.35. The van der Waals surface area contributed by atoms with Gasteiger partial charge in [0.1, 0.15) is 34.5 Å². The number of hydrogen-bond donors (Lipinski definition) is 1. The minimum atomic E-state index is -1.26. The number of carbonyl (C=O) groups is 1. The van der Waals surface area contributed by atoms with Crippen molar-refractivity contribution in [3.8, 4) is 11.3 Å². The molecule has 0 radical (unpaired) electrons. The number of rotatable bonds is 3. The van der Waals surface area contributed by atoms with Crippen LogP contribution < -0.4 is 5.32 Å². The molecule has 128 valence electrons. The highest BCUT2D eigenvalue weighted by atomic mass is 19.1. The average molecular weight is 346 g/mol. The van der Waals surface area contributed by atoms with E-state index < -0.39 is 28.9 Å². The zero-order valence-corrected chi connectivity index (χ0v) is 13.4. The second-order valence-corrected chi connectivity index (χ2v) is 5.41. The molecule has 0 spiro atoms. The predicted octanol–water partition coefficient (Wildman–Crippen LogP) is 4.63. The molecule has 0 unspecified atom stereocenters. The normalized spacial score (nSPS) is 10.8. The van der Waals surface area contributed by atoms with Gasteiger partial charge in [0.25, 0.3) is 5.91 Å². The number of halogens is 3. The lowest BCUT2D eigenvalue weighted by Crippen LogP contribution is -2.16. The topological polar surface area (TPSA) is 55.1 Å². The summed E-state index contributed by atoms with van der Waals surface area (Å²) in [7, 11) is 0. The molecule has 1 N–H and O–H groups in total. The van der Waals surface area contributed by atoms with Crippen molar-refractivity contribution < 1.29 is 22.4 Å². The SMILES string of the molecule is Cc1nc(-c2ccc(NC(=O)c3c(F)cc(F)cc3F)cc2)c(C)o1. The van der Waals surface area contributed by atoms with Crippen molar-refractivity contribution in [2.45, 2.75) is 13.8 Å². The second kappa shape index (κ2) is 6.43. The average Bonchev–Trinajstić information content (AvgIpc) is 2.85. The standard InChI is InChI=1S/C18H13F3N2O2/c1-9-17(22-10(2)25-9)11-3-5-13(6-4-11)23-18(24)16-14(20)7-12(19)8-15(16)21/h3-8H,1-2H3,(H,23,24). The highest BCUT2D eigenvalue weighted by Crippen LogP contribution is 2.25. The Morgan fingerprint density at radius 1 is 1.04 bits per heavy atom. The molecular weight excluding hydrogens is 333 g/mol. The third kappa shape index (κ3) is 3.40. The Balaban J connectivity index is 1.82. The van der Waals surface area contributed by atoms with Crippen LogP contribution in [0.2, 0.25) is 0 Å². The first kappa shape index (κ1) is 16.8. The number of carbonyl (C=O) groups excluding carboxylic acids is 1. The van der Waals surface area contributed by atoms with E-state index >= 15 is 0 Å². The Hall–Kier alpha value is -3.09. The van der Waals surface area contributed by atoms with Gasteiger partial charge in [0.15, 0.2) is 5.89 Å². The largest absolute Gasteiger partial charge is 0.446 e. The summed E-state index contributed by atoms with van der Waals surface area (Å²) in [5.41, 5.74) is 0.931. The molecule has 7 heteroatoms. The van der Waals surface area contributed by atoms with Crippen LogP contribution in [0.5, 0.6) is 0 Å². The Labute approximate surface area is 141 Å². The van der Waals surface area contributed by atoms with Gasteiger partial charge in [-0.1, -0.05) is 12.1 Å². The van der Waals surface area contributed by atoms with E-state index in [9.17, 15) is 18.0 Å². The molecule has 0 aliphatic rings. The third-order valence-corrected chi connectivity index (χ3v) is 3.55. The molecule has 0 fully saturated rings. The smallest absolute Gasteiger partial charge is 0.261 e. The Kier molecular flexibility index (Phi) is 4.31. The van der Waals surface area contributed by atoms with E-state index in [-0.39, 0.29) is 0 Å². The number of amides is 1. The minimum Gasteiger partial charge on any atom is -0.446 e. The molecule has 1 aromatic heterocycles. The van der Waals surface area contributed by atoms with Gasteiger partial charge in [-0.05, 0) is 19.1 Å². The van der Waals surface area contributed by atoms with Gasteiger partial charge in [-0.25, -0.2) is 18.2 Å². The molecule has 1 heterocycles. The van der Waals surface area contributed by atoms with E-state index in [0.29, 0.717) is 35.2 Å². The fourth-order valence-electron chi connectivity index (χ4n) is 2.46. The first-order valence-corrected chi connectivity index (χ1v) is 7.35. The lowest BCUT2D eigenvalue weighted by atomic mass is 10.1. The van der Waals surface area contributed by atoms with Gasteiger partial charge in [0, 0.05) is 30.3 Å². The number of nitrogens with zero attached hydrogens (tertiary/aromatic N) is 1. The molecule has 0 saturated heterocycles. The summed E-state index contributed by atoms with van der Waals surface area (Å²) < 4.78 is 45.6. The van der Waals surface area contributed by atoms with E-state index in [0.717, 1.165) is 5.56 Å². The number of anilines is 1. The molecule has 4 nitrogen and oxygen atoms in total. The van der Waals surface area contributed by atoms with Crippen molar-refractivity contribution in [2.24, 2.45) is 0 Å². The zero-order valence-electron chi connectivity index (χ0n) is 13.4. The maximum absolute atomic E-state index is 13.6. The molecule has 0 atom stereocenters. The summed E-state index contributed by atoms with van der Waals surface area (Å²) in [5, 5.41) is 2.37. The van der Waals surface area contributed by atoms with Crippen molar-refractivity contribution in [1.29, 1.82) is 0 Å². The zero-order chi connectivity index (χ0) is 18.1. The molecule has 2 aromatic carbocycles. The highest BCUT2D eigenvalue weighted by molar-refractivity contribution is 6.04. The van der Waals surface area contributed by atoms with Gasteiger partial charge in [0.2, 0.25) is 0 Å². The van der Waals surface area contributed by atoms with Crippen LogP contribution in [0.3, 0.4) is 0 Å². The molecule has 1 amide bonds. The molecule has 0 bridgehead atoms. The number of benzene rings is 2. The summed E-state index contributed by atoms with van der Waals surface area (Å²) in [4.78, 5) is 16.3. The fraction of sp³-hybridized carbons (Fsp3) is 0.111. The summed E-state index contributed by atoms with van der Waals surface area (Å²) in [5.74, 6) is -3.43. The maximum Gasteiger partial charge on any atom is 0.261 e. The number of hydrogen-bond acceptors (Lipinski definition) is 3.